The van der Waals surface area contributed by atoms with Gasteiger partial charge in [0.2, 0.25) is 0 Å². The predicted molar refractivity (Wildman–Crippen MR) is 89.4 cm³/mol. The van der Waals surface area contributed by atoms with Crippen molar-refractivity contribution in [2.75, 3.05) is 0 Å². The Hall–Kier alpha value is -6.37. The molecule has 18 nitrogen and oxygen atoms in total. The molecule has 0 aliphatic rings. The van der Waals surface area contributed by atoms with E-state index in [1.54, 1.807) is 0 Å². The van der Waals surface area contributed by atoms with Gasteiger partial charge in [-0.25, -0.2) is 0 Å². The van der Waals surface area contributed by atoms with E-state index in [0.29, 0.717) is 0 Å². The largest absolute Gasteiger partial charge is 4.00 e. The average Bonchev–Trinajstić information content (AvgIpc) is 3.13. The second kappa shape index (κ2) is 881. The van der Waals surface area contributed by atoms with Crippen molar-refractivity contribution in [3.63, 3.8) is 0 Å². The van der Waals surface area contributed by atoms with E-state index in [4.69, 9.17) is 213 Å². The van der Waals surface area contributed by atoms with Crippen molar-refractivity contribution in [1.29, 1.82) is 94.7 Å². The standard InChI is InChI=1S/18CN.3Fe.2Rh/c18*1-2;;;;;/q18*-1;3*+4;2*+3. The summed E-state index contributed by atoms with van der Waals surface area (Å²) in [5.41, 5.74) is 0. The molecule has 0 aliphatic heterocycles. The molecule has 23 heteroatoms. The third-order valence-corrected chi connectivity index (χ3v) is 0. The Labute approximate surface area is 301 Å². The van der Waals surface area contributed by atoms with E-state index in [2.05, 4.69) is 0 Å². The van der Waals surface area contributed by atoms with Crippen molar-refractivity contribution < 1.29 is 90.2 Å². The molecule has 0 saturated heterocycles. The van der Waals surface area contributed by atoms with Crippen LogP contribution in [0, 0.1) is 213 Å². The van der Waals surface area contributed by atoms with E-state index in [1.807, 2.05) is 0 Å². The molecule has 0 heterocycles. The monoisotopic (exact) mass is 842 g/mol. The van der Waals surface area contributed by atoms with Gasteiger partial charge in [0.1, 0.15) is 0 Å². The molecule has 0 aliphatic carbocycles. The molecule has 41 heavy (non-hydrogen) atoms. The molecule has 0 aromatic rings. The number of nitrogens with zero attached hydrogens (tertiary/aromatic N) is 18. The molecule has 0 unspecified atom stereocenters. The molecule has 0 amide bonds. The van der Waals surface area contributed by atoms with Gasteiger partial charge in [0.05, 0.1) is 0 Å². The molecule has 0 aromatic heterocycles. The molecule has 0 N–H and O–H groups in total. The summed E-state index contributed by atoms with van der Waals surface area (Å²) in [4.78, 5) is 0. The van der Waals surface area contributed by atoms with Crippen molar-refractivity contribution in [2.24, 2.45) is 0 Å². The van der Waals surface area contributed by atoms with Gasteiger partial charge in [-0.05, 0) is 0 Å². The summed E-state index contributed by atoms with van der Waals surface area (Å²) in [6.07, 6.45) is 0. The van der Waals surface area contributed by atoms with Crippen molar-refractivity contribution in [3.8, 4) is 0 Å². The first-order valence-electron chi connectivity index (χ1n) is 4.02. The Morgan fingerprint density at radius 2 is 0.122 bits per heavy atom. The van der Waals surface area contributed by atoms with Crippen LogP contribution in [0.25, 0.3) is 0 Å². The summed E-state index contributed by atoms with van der Waals surface area (Å²) >= 11 is 0. The Morgan fingerprint density at radius 1 is 0.122 bits per heavy atom. The first kappa shape index (κ1) is 290. The van der Waals surface area contributed by atoms with E-state index in [-0.39, 0.29) is 90.2 Å². The van der Waals surface area contributed by atoms with Crippen LogP contribution in [0.1, 0.15) is 0 Å². The van der Waals surface area contributed by atoms with Crippen molar-refractivity contribution >= 4 is 0 Å². The molecular formula is C18Fe3N18Rh2. The number of hydrogen-bond acceptors (Lipinski definition) is 18. The maximum absolute atomic E-state index is 6.25. The fraction of sp³-hybridized carbons (Fsp3) is 0. The fourth-order valence-electron chi connectivity index (χ4n) is 0. The molecule has 0 aromatic carbocycles. The summed E-state index contributed by atoms with van der Waals surface area (Å²) in [5, 5.41) is 112. The van der Waals surface area contributed by atoms with Crippen LogP contribution >= 0.6 is 0 Å². The van der Waals surface area contributed by atoms with Gasteiger partial charge in [-0.15, -0.1) is 0 Å². The van der Waals surface area contributed by atoms with E-state index in [1.165, 1.54) is 0 Å². The molecule has 0 spiro atoms. The zero-order chi connectivity index (χ0) is 36.0. The number of rotatable bonds is 0. The van der Waals surface area contributed by atoms with Crippen LogP contribution in [-0.4, -0.2) is 0 Å². The summed E-state index contributed by atoms with van der Waals surface area (Å²) < 4.78 is 0. The van der Waals surface area contributed by atoms with Crippen LogP contribution in [0.2, 0.25) is 0 Å². The van der Waals surface area contributed by atoms with Crippen molar-refractivity contribution in [3.05, 3.63) is 118 Å². The molecule has 0 atom stereocenters. The molecular weight excluding hydrogens is 842 g/mol. The van der Waals surface area contributed by atoms with Gasteiger partial charge in [-0.3, -0.25) is 0 Å². The third kappa shape index (κ3) is 828. The van der Waals surface area contributed by atoms with Gasteiger partial charge in [0, 0.05) is 0 Å². The van der Waals surface area contributed by atoms with Crippen LogP contribution in [0.4, 0.5) is 0 Å². The second-order valence-electron chi connectivity index (χ2n) is 0. The molecule has 0 rings (SSSR count). The SMILES string of the molecule is [C-]#N.[C-]#N.[C-]#N.[C-]#N.[C-]#N.[C-]#N.[C-]#N.[C-]#N.[C-]#N.[C-]#N.[C-]#N.[C-]#N.[C-]#N.[C-]#N.[C-]#N.[C-]#N.[C-]#N.[C-]#N.[Fe+4].[Fe+4].[Fe+4].[Rh+3].[Rh+3]. The van der Waals surface area contributed by atoms with Crippen LogP contribution in [-0.2, 0) is 90.2 Å². The van der Waals surface area contributed by atoms with Crippen LogP contribution < -0.4 is 0 Å². The average molecular weight is 842 g/mol. The van der Waals surface area contributed by atoms with Gasteiger partial charge >= 0.3 is 90.2 Å². The minimum absolute atomic E-state index is 0. The Balaban J connectivity index is -0.00000000396. The predicted octanol–water partition coefficient (Wildman–Crippen LogP) is 1.72. The van der Waals surface area contributed by atoms with E-state index >= 15 is 0 Å². The van der Waals surface area contributed by atoms with Gasteiger partial charge in [-0.2, -0.15) is 0 Å². The van der Waals surface area contributed by atoms with Gasteiger partial charge < -0.3 is 213 Å². The first-order valence-corrected chi connectivity index (χ1v) is 4.02. The maximum atomic E-state index is 6.25. The summed E-state index contributed by atoms with van der Waals surface area (Å²) in [6, 6.07) is 0. The first-order chi connectivity index (χ1) is 18.0. The van der Waals surface area contributed by atoms with E-state index < -0.39 is 0 Å². The van der Waals surface area contributed by atoms with E-state index in [0.717, 1.165) is 0 Å². The zero-order valence-electron chi connectivity index (χ0n) is 18.8. The maximum Gasteiger partial charge on any atom is 4.00 e. The van der Waals surface area contributed by atoms with Crippen LogP contribution in [0.5, 0.6) is 0 Å². The normalized spacial score (nSPS) is 0.878. The van der Waals surface area contributed by atoms with E-state index in [9.17, 15) is 0 Å². The Kier molecular flexibility index (Phi) is 6220. The molecule has 204 valence electrons. The van der Waals surface area contributed by atoms with Gasteiger partial charge in [0.15, 0.2) is 0 Å². The smallest absolute Gasteiger partial charge is 0.512 e. The topological polar surface area (TPSA) is 428 Å². The van der Waals surface area contributed by atoms with Gasteiger partial charge in [0.25, 0.3) is 0 Å². The Morgan fingerprint density at radius 3 is 0.122 bits per heavy atom. The molecule has 0 radical (unpaired) electrons. The Bertz CT molecular complexity index is 374. The minimum Gasteiger partial charge on any atom is -0.512 e. The zero-order valence-corrected chi connectivity index (χ0v) is 25.4. The quantitative estimate of drug-likeness (QED) is 0.247. The van der Waals surface area contributed by atoms with Crippen LogP contribution in [0.3, 0.4) is 0 Å². The molecule has 0 saturated carbocycles. The molecule has 0 bridgehead atoms. The van der Waals surface area contributed by atoms with Crippen molar-refractivity contribution in [1.82, 2.24) is 0 Å². The van der Waals surface area contributed by atoms with Crippen LogP contribution in [0.15, 0.2) is 0 Å². The third-order valence-electron chi connectivity index (χ3n) is 0. The fourth-order valence-corrected chi connectivity index (χ4v) is 0. The second-order valence-corrected chi connectivity index (χ2v) is 0. The minimum atomic E-state index is 0. The summed E-state index contributed by atoms with van der Waals surface area (Å²) in [6.45, 7) is 85.5. The molecule has 0 fully saturated rings. The van der Waals surface area contributed by atoms with Gasteiger partial charge in [-0.1, -0.05) is 0 Å². The van der Waals surface area contributed by atoms with Crippen molar-refractivity contribution in [2.45, 2.75) is 0 Å². The summed E-state index contributed by atoms with van der Waals surface area (Å²) in [5.74, 6) is 0. The number of hydrogen-bond donors (Lipinski definition) is 0. The summed E-state index contributed by atoms with van der Waals surface area (Å²) in [7, 11) is 0.